The summed E-state index contributed by atoms with van der Waals surface area (Å²) in [6.45, 7) is 5.04. The fraction of sp³-hybridized carbons (Fsp3) is 0.708. The Labute approximate surface area is 172 Å². The van der Waals surface area contributed by atoms with Gasteiger partial charge < -0.3 is 9.47 Å². The van der Waals surface area contributed by atoms with E-state index in [-0.39, 0.29) is 41.6 Å². The number of ether oxygens (including phenoxy) is 2. The molecule has 0 N–H and O–H groups in total. The molecule has 0 aromatic rings. The third-order valence-electron chi connectivity index (χ3n) is 8.29. The lowest BCUT2D eigenvalue weighted by Gasteiger charge is -2.55. The molecule has 0 amide bonds. The zero-order valence-corrected chi connectivity index (χ0v) is 17.5. The predicted molar refractivity (Wildman–Crippen MR) is 106 cm³/mol. The van der Waals surface area contributed by atoms with Crippen LogP contribution in [0.15, 0.2) is 11.6 Å². The van der Waals surface area contributed by atoms with E-state index in [1.807, 2.05) is 0 Å². The van der Waals surface area contributed by atoms with Gasteiger partial charge in [-0.15, -0.1) is 6.42 Å². The van der Waals surface area contributed by atoms with E-state index in [4.69, 9.17) is 15.9 Å². The van der Waals surface area contributed by atoms with E-state index < -0.39 is 5.60 Å². The number of ketones is 1. The number of terminal acetylenes is 1. The second kappa shape index (κ2) is 7.00. The van der Waals surface area contributed by atoms with Gasteiger partial charge in [-0.1, -0.05) is 18.4 Å². The van der Waals surface area contributed by atoms with Crippen LogP contribution in [0.3, 0.4) is 0 Å². The molecule has 4 aliphatic rings. The fourth-order valence-corrected chi connectivity index (χ4v) is 7.23. The number of hydrogen-bond acceptors (Lipinski definition) is 5. The molecule has 0 spiro atoms. The lowest BCUT2D eigenvalue weighted by Crippen LogP contribution is -2.55. The van der Waals surface area contributed by atoms with E-state index in [2.05, 4.69) is 12.8 Å². The highest BCUT2D eigenvalue weighted by Crippen LogP contribution is 2.65. The van der Waals surface area contributed by atoms with Gasteiger partial charge in [0.05, 0.1) is 0 Å². The van der Waals surface area contributed by atoms with Gasteiger partial charge in [0, 0.05) is 31.6 Å². The van der Waals surface area contributed by atoms with Gasteiger partial charge in [-0.25, -0.2) is 0 Å². The van der Waals surface area contributed by atoms with Crippen LogP contribution in [-0.4, -0.2) is 29.4 Å². The molecule has 0 unspecified atom stereocenters. The molecule has 156 valence electrons. The van der Waals surface area contributed by atoms with Crippen molar-refractivity contribution in [3.63, 3.8) is 0 Å². The molecule has 4 aliphatic carbocycles. The SMILES string of the molecule is C#C[C@]1(OC(C)=O)CC[C@H]2[C@@H]3CCC4=CC(=O)C[C@H](OC(C)=O)[C@@H]4[C@H]3CC[C@@]21C. The number of esters is 2. The van der Waals surface area contributed by atoms with Gasteiger partial charge in [0.1, 0.15) is 6.10 Å². The quantitative estimate of drug-likeness (QED) is 0.525. The summed E-state index contributed by atoms with van der Waals surface area (Å²) < 4.78 is 11.4. The lowest BCUT2D eigenvalue weighted by atomic mass is 9.50. The summed E-state index contributed by atoms with van der Waals surface area (Å²) in [5.74, 6) is 3.59. The molecule has 29 heavy (non-hydrogen) atoms. The van der Waals surface area contributed by atoms with Gasteiger partial charge in [0.15, 0.2) is 11.4 Å². The highest BCUT2D eigenvalue weighted by molar-refractivity contribution is 5.92. The van der Waals surface area contributed by atoms with E-state index in [1.165, 1.54) is 13.8 Å². The summed E-state index contributed by atoms with van der Waals surface area (Å²) in [4.78, 5) is 35.7. The summed E-state index contributed by atoms with van der Waals surface area (Å²) in [7, 11) is 0. The smallest absolute Gasteiger partial charge is 0.304 e. The maximum Gasteiger partial charge on any atom is 0.304 e. The second-order valence-electron chi connectivity index (χ2n) is 9.60. The Bertz CT molecular complexity index is 820. The first-order valence-corrected chi connectivity index (χ1v) is 10.8. The Hall–Kier alpha value is -2.09. The molecular formula is C24H30O5. The normalized spacial score (nSPS) is 43.2. The molecule has 3 saturated carbocycles. The first-order valence-electron chi connectivity index (χ1n) is 10.8. The Kier molecular flexibility index (Phi) is 4.88. The number of carbonyl (C=O) groups excluding carboxylic acids is 3. The monoisotopic (exact) mass is 398 g/mol. The van der Waals surface area contributed by atoms with Crippen molar-refractivity contribution in [3.05, 3.63) is 11.6 Å². The Morgan fingerprint density at radius 1 is 1.14 bits per heavy atom. The van der Waals surface area contributed by atoms with Gasteiger partial charge in [0.2, 0.25) is 0 Å². The molecule has 0 radical (unpaired) electrons. The topological polar surface area (TPSA) is 69.7 Å². The Morgan fingerprint density at radius 3 is 2.55 bits per heavy atom. The van der Waals surface area contributed by atoms with E-state index >= 15 is 0 Å². The van der Waals surface area contributed by atoms with Gasteiger partial charge in [-0.3, -0.25) is 14.4 Å². The van der Waals surface area contributed by atoms with Gasteiger partial charge in [0.25, 0.3) is 0 Å². The van der Waals surface area contributed by atoms with Crippen molar-refractivity contribution < 1.29 is 23.9 Å². The largest absolute Gasteiger partial charge is 0.461 e. The number of rotatable bonds is 2. The van der Waals surface area contributed by atoms with Crippen LogP contribution in [0.1, 0.15) is 65.7 Å². The van der Waals surface area contributed by atoms with Crippen LogP contribution in [0.5, 0.6) is 0 Å². The number of carbonyl (C=O) groups is 3. The average Bonchev–Trinajstić information content (AvgIpc) is 2.93. The molecule has 0 bridgehead atoms. The highest BCUT2D eigenvalue weighted by atomic mass is 16.6. The van der Waals surface area contributed by atoms with E-state index in [1.54, 1.807) is 6.08 Å². The molecule has 5 heteroatoms. The van der Waals surface area contributed by atoms with Crippen LogP contribution in [-0.2, 0) is 23.9 Å². The fourth-order valence-electron chi connectivity index (χ4n) is 7.23. The minimum Gasteiger partial charge on any atom is -0.461 e. The van der Waals surface area contributed by atoms with Gasteiger partial charge in [-0.2, -0.15) is 0 Å². The summed E-state index contributed by atoms with van der Waals surface area (Å²) >= 11 is 0. The van der Waals surface area contributed by atoms with Crippen LogP contribution in [0.25, 0.3) is 0 Å². The van der Waals surface area contributed by atoms with Crippen molar-refractivity contribution in [1.82, 2.24) is 0 Å². The number of fused-ring (bicyclic) bond motifs is 5. The van der Waals surface area contributed by atoms with Crippen LogP contribution in [0, 0.1) is 41.4 Å². The van der Waals surface area contributed by atoms with Crippen molar-refractivity contribution in [2.24, 2.45) is 29.1 Å². The molecule has 0 aliphatic heterocycles. The van der Waals surface area contributed by atoms with Crippen molar-refractivity contribution in [3.8, 4) is 12.3 Å². The average molecular weight is 398 g/mol. The zero-order chi connectivity index (χ0) is 21.0. The summed E-state index contributed by atoms with van der Waals surface area (Å²) in [6, 6.07) is 0. The molecule has 0 heterocycles. The summed E-state index contributed by atoms with van der Waals surface area (Å²) in [6.07, 6.45) is 13.0. The lowest BCUT2D eigenvalue weighted by molar-refractivity contribution is -0.169. The van der Waals surface area contributed by atoms with Crippen molar-refractivity contribution in [2.75, 3.05) is 0 Å². The van der Waals surface area contributed by atoms with Crippen LogP contribution in [0.4, 0.5) is 0 Å². The molecular weight excluding hydrogens is 368 g/mol. The minimum atomic E-state index is -0.831. The predicted octanol–water partition coefficient (Wildman–Crippen LogP) is 3.60. The molecule has 0 aromatic carbocycles. The van der Waals surface area contributed by atoms with Gasteiger partial charge in [-0.05, 0) is 62.4 Å². The maximum absolute atomic E-state index is 12.2. The van der Waals surface area contributed by atoms with Crippen molar-refractivity contribution in [2.45, 2.75) is 77.4 Å². The standard InChI is InChI=1S/C24H30O5/c1-5-24(29-15(3)26)11-9-20-18-7-6-16-12-17(27)13-21(28-14(2)25)22(16)19(18)8-10-23(20,24)4/h1,12,18-22H,6-11,13H2,2-4H3/t18-,19+,20+,21+,22+,23+,24+/m1/s1. The van der Waals surface area contributed by atoms with E-state index in [0.29, 0.717) is 24.2 Å². The Morgan fingerprint density at radius 2 is 1.90 bits per heavy atom. The molecule has 3 fully saturated rings. The Balaban J connectivity index is 1.66. The molecule has 5 nitrogen and oxygen atoms in total. The van der Waals surface area contributed by atoms with Crippen LogP contribution in [0.2, 0.25) is 0 Å². The van der Waals surface area contributed by atoms with Crippen molar-refractivity contribution in [1.29, 1.82) is 0 Å². The van der Waals surface area contributed by atoms with E-state index in [0.717, 1.165) is 37.7 Å². The summed E-state index contributed by atoms with van der Waals surface area (Å²) in [5, 5.41) is 0. The van der Waals surface area contributed by atoms with Crippen LogP contribution < -0.4 is 0 Å². The third kappa shape index (κ3) is 3.03. The molecule has 4 rings (SSSR count). The molecule has 0 saturated heterocycles. The second-order valence-corrected chi connectivity index (χ2v) is 9.60. The maximum atomic E-state index is 12.2. The third-order valence-corrected chi connectivity index (χ3v) is 8.29. The highest BCUT2D eigenvalue weighted by Gasteiger charge is 2.64. The first-order chi connectivity index (χ1) is 13.7. The molecule has 0 aromatic heterocycles. The summed E-state index contributed by atoms with van der Waals surface area (Å²) in [5.41, 5.74) is 0.0816. The van der Waals surface area contributed by atoms with E-state index in [9.17, 15) is 14.4 Å². The van der Waals surface area contributed by atoms with Crippen molar-refractivity contribution >= 4 is 17.7 Å². The molecule has 7 atom stereocenters. The number of hydrogen-bond donors (Lipinski definition) is 0. The zero-order valence-electron chi connectivity index (χ0n) is 17.5. The first kappa shape index (κ1) is 20.2. The minimum absolute atomic E-state index is 0.0590. The van der Waals surface area contributed by atoms with Gasteiger partial charge >= 0.3 is 11.9 Å². The van der Waals surface area contributed by atoms with Crippen LogP contribution >= 0.6 is 0 Å².